The average molecular weight is 587 g/mol. The lowest BCUT2D eigenvalue weighted by atomic mass is 9.41. The molecule has 0 amide bonds. The van der Waals surface area contributed by atoms with Crippen molar-refractivity contribution in [3.05, 3.63) is 0 Å². The zero-order valence-corrected chi connectivity index (χ0v) is 24.4. The third-order valence-corrected chi connectivity index (χ3v) is 11.9. The summed E-state index contributed by atoms with van der Waals surface area (Å²) in [6.45, 7) is 13.0. The van der Waals surface area contributed by atoms with Crippen molar-refractivity contribution >= 4 is 34.5 Å². The van der Waals surface area contributed by atoms with Crippen LogP contribution in [0, 0.1) is 52.3 Å². The molecule has 11 atom stereocenters. The van der Waals surface area contributed by atoms with Crippen molar-refractivity contribution in [2.75, 3.05) is 4.43 Å². The number of fused-ring (bicyclic) bond motifs is 5. The van der Waals surface area contributed by atoms with Crippen LogP contribution in [0.25, 0.3) is 0 Å². The standard InChI is InChI=1S/C29H47IO4/c1-7-21-25-16-20(33-18(3)31)10-13-29(25,6)24-11-14-28(5)22(17(2)12-15-30)8-9-23(28)26(24)27(21)34-19(4)32/h17,20-27H,7-16H2,1-6H3/t17-,20-,21-,22-,23?,24?,25+,26?,27-,28-,29-/m1/s1. The van der Waals surface area contributed by atoms with Gasteiger partial charge in [0, 0.05) is 19.8 Å². The molecule has 4 saturated carbocycles. The van der Waals surface area contributed by atoms with Crippen LogP contribution in [0.5, 0.6) is 0 Å². The molecule has 0 spiro atoms. The van der Waals surface area contributed by atoms with E-state index in [0.29, 0.717) is 35.0 Å². The van der Waals surface area contributed by atoms with E-state index in [1.165, 1.54) is 43.5 Å². The summed E-state index contributed by atoms with van der Waals surface area (Å²) in [7, 11) is 0. The van der Waals surface area contributed by atoms with Gasteiger partial charge in [0.2, 0.25) is 0 Å². The van der Waals surface area contributed by atoms with E-state index in [4.69, 9.17) is 9.47 Å². The Morgan fingerprint density at radius 3 is 2.21 bits per heavy atom. The molecule has 34 heavy (non-hydrogen) atoms. The van der Waals surface area contributed by atoms with Crippen LogP contribution >= 0.6 is 22.6 Å². The van der Waals surface area contributed by atoms with Crippen LogP contribution in [0.4, 0.5) is 0 Å². The fourth-order valence-electron chi connectivity index (χ4n) is 9.95. The van der Waals surface area contributed by atoms with Crippen molar-refractivity contribution < 1.29 is 19.1 Å². The second-order valence-electron chi connectivity index (χ2n) is 12.7. The van der Waals surface area contributed by atoms with E-state index in [9.17, 15) is 9.59 Å². The van der Waals surface area contributed by atoms with E-state index in [1.54, 1.807) is 6.92 Å². The highest BCUT2D eigenvalue weighted by molar-refractivity contribution is 14.1. The van der Waals surface area contributed by atoms with Crippen LogP contribution in [0.2, 0.25) is 0 Å². The van der Waals surface area contributed by atoms with Crippen LogP contribution in [-0.4, -0.2) is 28.6 Å². The maximum atomic E-state index is 12.4. The van der Waals surface area contributed by atoms with Gasteiger partial charge in [-0.25, -0.2) is 0 Å². The number of carbonyl (C=O) groups excluding carboxylic acids is 2. The van der Waals surface area contributed by atoms with E-state index in [0.717, 1.165) is 37.5 Å². The normalized spacial score (nSPS) is 46.6. The molecule has 0 aromatic carbocycles. The van der Waals surface area contributed by atoms with Gasteiger partial charge >= 0.3 is 11.9 Å². The van der Waals surface area contributed by atoms with Crippen LogP contribution in [-0.2, 0) is 19.1 Å². The van der Waals surface area contributed by atoms with Gasteiger partial charge in [-0.2, -0.15) is 0 Å². The molecule has 194 valence electrons. The Morgan fingerprint density at radius 2 is 1.59 bits per heavy atom. The Labute approximate surface area is 221 Å². The number of hydrogen-bond donors (Lipinski definition) is 0. The fraction of sp³-hybridized carbons (Fsp3) is 0.931. The van der Waals surface area contributed by atoms with E-state index < -0.39 is 0 Å². The van der Waals surface area contributed by atoms with Crippen molar-refractivity contribution in [2.45, 2.75) is 112 Å². The maximum absolute atomic E-state index is 12.4. The number of esters is 2. The Bertz CT molecular complexity index is 769. The van der Waals surface area contributed by atoms with Gasteiger partial charge in [0.25, 0.3) is 0 Å². The van der Waals surface area contributed by atoms with Crippen LogP contribution in [0.1, 0.15) is 99.3 Å². The van der Waals surface area contributed by atoms with Gasteiger partial charge in [0.15, 0.2) is 0 Å². The molecule has 5 heteroatoms. The third-order valence-electron chi connectivity index (χ3n) is 11.3. The zero-order valence-electron chi connectivity index (χ0n) is 22.3. The minimum atomic E-state index is -0.169. The van der Waals surface area contributed by atoms with E-state index in [1.807, 2.05) is 0 Å². The fourth-order valence-corrected chi connectivity index (χ4v) is 10.9. The third kappa shape index (κ3) is 4.47. The highest BCUT2D eigenvalue weighted by Gasteiger charge is 2.66. The number of ether oxygens (including phenoxy) is 2. The lowest BCUT2D eigenvalue weighted by Gasteiger charge is -2.65. The van der Waals surface area contributed by atoms with Crippen LogP contribution in [0.3, 0.4) is 0 Å². The summed E-state index contributed by atoms with van der Waals surface area (Å²) in [5, 5.41) is 0. The Morgan fingerprint density at radius 1 is 0.941 bits per heavy atom. The minimum Gasteiger partial charge on any atom is -0.463 e. The second kappa shape index (κ2) is 10.2. The van der Waals surface area contributed by atoms with Gasteiger partial charge in [-0.05, 0) is 109 Å². The van der Waals surface area contributed by atoms with Crippen molar-refractivity contribution in [1.29, 1.82) is 0 Å². The molecule has 3 unspecified atom stereocenters. The molecule has 0 bridgehead atoms. The maximum Gasteiger partial charge on any atom is 0.302 e. The first-order valence-corrected chi connectivity index (χ1v) is 15.5. The molecule has 0 aliphatic heterocycles. The number of halogens is 1. The number of rotatable bonds is 6. The molecule has 4 fully saturated rings. The second-order valence-corrected chi connectivity index (χ2v) is 13.8. The molecular weight excluding hydrogens is 539 g/mol. The van der Waals surface area contributed by atoms with Crippen molar-refractivity contribution in [3.63, 3.8) is 0 Å². The monoisotopic (exact) mass is 586 g/mol. The molecule has 4 rings (SSSR count). The van der Waals surface area contributed by atoms with Crippen molar-refractivity contribution in [3.8, 4) is 0 Å². The molecule has 0 saturated heterocycles. The summed E-state index contributed by atoms with van der Waals surface area (Å²) in [6, 6.07) is 0. The topological polar surface area (TPSA) is 52.6 Å². The average Bonchev–Trinajstić information content (AvgIpc) is 3.11. The predicted molar refractivity (Wildman–Crippen MR) is 144 cm³/mol. The van der Waals surface area contributed by atoms with E-state index in [2.05, 4.69) is 50.3 Å². The van der Waals surface area contributed by atoms with Gasteiger partial charge in [-0.3, -0.25) is 9.59 Å². The Hall–Kier alpha value is -0.330. The lowest BCUT2D eigenvalue weighted by molar-refractivity contribution is -0.219. The first kappa shape index (κ1) is 26.7. The van der Waals surface area contributed by atoms with E-state index in [-0.39, 0.29) is 29.6 Å². The van der Waals surface area contributed by atoms with Crippen molar-refractivity contribution in [2.24, 2.45) is 52.3 Å². The number of hydrogen-bond acceptors (Lipinski definition) is 4. The highest BCUT2D eigenvalue weighted by atomic mass is 127. The van der Waals surface area contributed by atoms with Gasteiger partial charge < -0.3 is 9.47 Å². The van der Waals surface area contributed by atoms with E-state index >= 15 is 0 Å². The van der Waals surface area contributed by atoms with Crippen LogP contribution in [0.15, 0.2) is 0 Å². The summed E-state index contributed by atoms with van der Waals surface area (Å²) in [6.07, 6.45) is 10.6. The summed E-state index contributed by atoms with van der Waals surface area (Å²) >= 11 is 2.54. The molecule has 4 aliphatic rings. The van der Waals surface area contributed by atoms with Crippen LogP contribution < -0.4 is 0 Å². The quantitative estimate of drug-likeness (QED) is 0.188. The Kier molecular flexibility index (Phi) is 8.02. The lowest BCUT2D eigenvalue weighted by Crippen LogP contribution is -2.63. The minimum absolute atomic E-state index is 0.00455. The predicted octanol–water partition coefficient (Wildman–Crippen LogP) is 7.22. The van der Waals surface area contributed by atoms with Gasteiger partial charge in [-0.1, -0.05) is 50.3 Å². The highest BCUT2D eigenvalue weighted by Crippen LogP contribution is 2.70. The summed E-state index contributed by atoms with van der Waals surface area (Å²) < 4.78 is 13.3. The molecule has 4 aliphatic carbocycles. The molecule has 0 aromatic heterocycles. The van der Waals surface area contributed by atoms with Gasteiger partial charge in [-0.15, -0.1) is 0 Å². The van der Waals surface area contributed by atoms with Gasteiger partial charge in [0.05, 0.1) is 0 Å². The first-order valence-electron chi connectivity index (χ1n) is 14.0. The molecule has 0 aromatic rings. The summed E-state index contributed by atoms with van der Waals surface area (Å²) in [5.41, 5.74) is 0.604. The number of alkyl halides is 1. The largest absolute Gasteiger partial charge is 0.463 e. The molecular formula is C29H47IO4. The molecule has 4 nitrogen and oxygen atoms in total. The smallest absolute Gasteiger partial charge is 0.302 e. The molecule has 0 radical (unpaired) electrons. The summed E-state index contributed by atoms with van der Waals surface area (Å²) in [5.74, 6) is 3.77. The SMILES string of the molecule is CC[C@H]1[C@@H](OC(C)=O)C2C3CC[C@H]([C@H](C)CCI)[C@@]3(C)CCC2[C@@]2(C)CC[C@@H](OC(C)=O)C[C@@H]12. The molecule has 0 N–H and O–H groups in total. The van der Waals surface area contributed by atoms with Crippen molar-refractivity contribution in [1.82, 2.24) is 0 Å². The zero-order chi connectivity index (χ0) is 24.8. The number of carbonyl (C=O) groups is 2. The molecule has 0 heterocycles. The summed E-state index contributed by atoms with van der Waals surface area (Å²) in [4.78, 5) is 24.2. The first-order chi connectivity index (χ1) is 16.1. The van der Waals surface area contributed by atoms with Gasteiger partial charge in [0.1, 0.15) is 12.2 Å². The Balaban J connectivity index is 1.70.